The van der Waals surface area contributed by atoms with Crippen LogP contribution in [0, 0.1) is 5.82 Å². The van der Waals surface area contributed by atoms with E-state index in [9.17, 15) is 9.50 Å². The minimum atomic E-state index is -0.860. The lowest BCUT2D eigenvalue weighted by molar-refractivity contribution is 0.215. The molecule has 1 atom stereocenters. The lowest BCUT2D eigenvalue weighted by Crippen LogP contribution is -2.01. The van der Waals surface area contributed by atoms with Crippen molar-refractivity contribution in [3.63, 3.8) is 0 Å². The van der Waals surface area contributed by atoms with Crippen molar-refractivity contribution in [1.29, 1.82) is 0 Å². The molecule has 0 saturated heterocycles. The van der Waals surface area contributed by atoms with Crippen LogP contribution in [0.25, 0.3) is 0 Å². The first-order chi connectivity index (χ1) is 7.70. The SMILES string of the molecule is CCn1cc(C(O)c2ccc(F)cn2)cn1. The van der Waals surface area contributed by atoms with Gasteiger partial charge >= 0.3 is 0 Å². The summed E-state index contributed by atoms with van der Waals surface area (Å²) in [6.07, 6.45) is 3.55. The highest BCUT2D eigenvalue weighted by Gasteiger charge is 2.13. The van der Waals surface area contributed by atoms with Gasteiger partial charge in [-0.2, -0.15) is 5.10 Å². The van der Waals surface area contributed by atoms with E-state index in [-0.39, 0.29) is 0 Å². The predicted octanol–water partition coefficient (Wildman–Crippen LogP) is 1.52. The van der Waals surface area contributed by atoms with Gasteiger partial charge in [-0.1, -0.05) is 0 Å². The summed E-state index contributed by atoms with van der Waals surface area (Å²) in [6, 6.07) is 2.74. The highest BCUT2D eigenvalue weighted by atomic mass is 19.1. The summed E-state index contributed by atoms with van der Waals surface area (Å²) in [5.74, 6) is -0.416. The van der Waals surface area contributed by atoms with Crippen molar-refractivity contribution in [3.05, 3.63) is 47.8 Å². The van der Waals surface area contributed by atoms with Crippen molar-refractivity contribution >= 4 is 0 Å². The first kappa shape index (κ1) is 10.8. The van der Waals surface area contributed by atoms with Gasteiger partial charge in [0.15, 0.2) is 0 Å². The van der Waals surface area contributed by atoms with Crippen LogP contribution in [0.1, 0.15) is 24.3 Å². The molecule has 2 rings (SSSR count). The normalized spacial score (nSPS) is 12.7. The summed E-state index contributed by atoms with van der Waals surface area (Å²) in [4.78, 5) is 3.83. The van der Waals surface area contributed by atoms with Gasteiger partial charge in [0.1, 0.15) is 11.9 Å². The molecule has 5 heteroatoms. The highest BCUT2D eigenvalue weighted by molar-refractivity contribution is 5.21. The molecule has 0 aliphatic rings. The number of aromatic nitrogens is 3. The van der Waals surface area contributed by atoms with Crippen molar-refractivity contribution in [1.82, 2.24) is 14.8 Å². The third-order valence-corrected chi connectivity index (χ3v) is 2.32. The molecule has 0 aromatic carbocycles. The fraction of sp³-hybridized carbons (Fsp3) is 0.273. The Morgan fingerprint density at radius 2 is 2.25 bits per heavy atom. The van der Waals surface area contributed by atoms with Crippen LogP contribution in [-0.2, 0) is 6.54 Å². The van der Waals surface area contributed by atoms with Crippen LogP contribution in [-0.4, -0.2) is 19.9 Å². The van der Waals surface area contributed by atoms with Gasteiger partial charge in [0.25, 0.3) is 0 Å². The molecule has 0 spiro atoms. The zero-order chi connectivity index (χ0) is 11.5. The average molecular weight is 221 g/mol. The number of aliphatic hydroxyl groups is 1. The predicted molar refractivity (Wildman–Crippen MR) is 56.2 cm³/mol. The zero-order valence-corrected chi connectivity index (χ0v) is 8.84. The molecule has 0 aliphatic carbocycles. The van der Waals surface area contributed by atoms with E-state index < -0.39 is 11.9 Å². The number of aryl methyl sites for hydroxylation is 1. The van der Waals surface area contributed by atoms with E-state index in [2.05, 4.69) is 10.1 Å². The molecule has 2 aromatic heterocycles. The van der Waals surface area contributed by atoms with Crippen molar-refractivity contribution < 1.29 is 9.50 Å². The third-order valence-electron chi connectivity index (χ3n) is 2.32. The Balaban J connectivity index is 2.24. The number of aliphatic hydroxyl groups excluding tert-OH is 1. The summed E-state index contributed by atoms with van der Waals surface area (Å²) >= 11 is 0. The topological polar surface area (TPSA) is 50.9 Å². The van der Waals surface area contributed by atoms with Gasteiger partial charge in [-0.25, -0.2) is 4.39 Å². The number of pyridine rings is 1. The zero-order valence-electron chi connectivity index (χ0n) is 8.84. The van der Waals surface area contributed by atoms with Crippen LogP contribution in [0.2, 0.25) is 0 Å². The maximum atomic E-state index is 12.7. The molecule has 0 saturated carbocycles. The van der Waals surface area contributed by atoms with Crippen molar-refractivity contribution in [2.75, 3.05) is 0 Å². The van der Waals surface area contributed by atoms with Gasteiger partial charge in [0.2, 0.25) is 0 Å². The Bertz CT molecular complexity index is 466. The quantitative estimate of drug-likeness (QED) is 0.854. The third kappa shape index (κ3) is 2.09. The van der Waals surface area contributed by atoms with Crippen LogP contribution >= 0.6 is 0 Å². The molecule has 2 heterocycles. The van der Waals surface area contributed by atoms with Crippen molar-refractivity contribution in [2.45, 2.75) is 19.6 Å². The molecule has 2 aromatic rings. The Morgan fingerprint density at radius 3 is 2.81 bits per heavy atom. The number of hydrogen-bond donors (Lipinski definition) is 1. The second-order valence-corrected chi connectivity index (χ2v) is 3.43. The van der Waals surface area contributed by atoms with Gasteiger partial charge in [-0.3, -0.25) is 9.67 Å². The summed E-state index contributed by atoms with van der Waals surface area (Å²) in [6.45, 7) is 2.70. The molecule has 84 valence electrons. The van der Waals surface area contributed by atoms with E-state index in [1.165, 1.54) is 12.1 Å². The van der Waals surface area contributed by atoms with Crippen LogP contribution in [0.15, 0.2) is 30.7 Å². The first-order valence-corrected chi connectivity index (χ1v) is 5.02. The molecule has 0 aliphatic heterocycles. The smallest absolute Gasteiger partial charge is 0.141 e. The number of rotatable bonds is 3. The largest absolute Gasteiger partial charge is 0.382 e. The van der Waals surface area contributed by atoms with Crippen molar-refractivity contribution in [3.8, 4) is 0 Å². The molecule has 1 N–H and O–H groups in total. The second-order valence-electron chi connectivity index (χ2n) is 3.43. The van der Waals surface area contributed by atoms with Gasteiger partial charge in [-0.05, 0) is 19.1 Å². The fourth-order valence-corrected chi connectivity index (χ4v) is 1.41. The molecule has 16 heavy (non-hydrogen) atoms. The van der Waals surface area contributed by atoms with Gasteiger partial charge in [0.05, 0.1) is 18.1 Å². The number of halogens is 1. The molecular weight excluding hydrogens is 209 g/mol. The summed E-state index contributed by atoms with van der Waals surface area (Å²) in [7, 11) is 0. The Morgan fingerprint density at radius 1 is 1.44 bits per heavy atom. The van der Waals surface area contributed by atoms with E-state index >= 15 is 0 Å². The molecule has 0 fully saturated rings. The highest BCUT2D eigenvalue weighted by Crippen LogP contribution is 2.19. The molecule has 0 radical (unpaired) electrons. The lowest BCUT2D eigenvalue weighted by atomic mass is 10.1. The fourth-order valence-electron chi connectivity index (χ4n) is 1.41. The maximum Gasteiger partial charge on any atom is 0.141 e. The molecule has 0 amide bonds. The molecule has 1 unspecified atom stereocenters. The summed E-state index contributed by atoms with van der Waals surface area (Å²) in [5.41, 5.74) is 1.07. The van der Waals surface area contributed by atoms with Crippen molar-refractivity contribution in [2.24, 2.45) is 0 Å². The Hall–Kier alpha value is -1.75. The van der Waals surface area contributed by atoms with E-state index in [0.717, 1.165) is 12.7 Å². The van der Waals surface area contributed by atoms with E-state index in [1.807, 2.05) is 6.92 Å². The van der Waals surface area contributed by atoms with Gasteiger partial charge in [0, 0.05) is 18.3 Å². The Kier molecular flexibility index (Phi) is 2.96. The monoisotopic (exact) mass is 221 g/mol. The Labute approximate surface area is 92.4 Å². The lowest BCUT2D eigenvalue weighted by Gasteiger charge is -2.06. The van der Waals surface area contributed by atoms with Crippen LogP contribution < -0.4 is 0 Å². The van der Waals surface area contributed by atoms with Gasteiger partial charge < -0.3 is 5.11 Å². The summed E-state index contributed by atoms with van der Waals surface area (Å²) < 4.78 is 14.4. The van der Waals surface area contributed by atoms with Crippen LogP contribution in [0.5, 0.6) is 0 Å². The summed E-state index contributed by atoms with van der Waals surface area (Å²) in [5, 5.41) is 14.0. The minimum absolute atomic E-state index is 0.414. The standard InChI is InChI=1S/C11H12FN3O/c1-2-15-7-8(5-14-15)11(16)10-4-3-9(12)6-13-10/h3-7,11,16H,2H2,1H3. The number of hydrogen-bond acceptors (Lipinski definition) is 3. The average Bonchev–Trinajstić information content (AvgIpc) is 2.77. The van der Waals surface area contributed by atoms with Crippen LogP contribution in [0.4, 0.5) is 4.39 Å². The minimum Gasteiger partial charge on any atom is -0.382 e. The molecular formula is C11H12FN3O. The van der Waals surface area contributed by atoms with E-state index in [4.69, 9.17) is 0 Å². The van der Waals surface area contributed by atoms with Gasteiger partial charge in [-0.15, -0.1) is 0 Å². The maximum absolute atomic E-state index is 12.7. The molecule has 0 bridgehead atoms. The molecule has 4 nitrogen and oxygen atoms in total. The van der Waals surface area contributed by atoms with E-state index in [1.54, 1.807) is 17.1 Å². The van der Waals surface area contributed by atoms with E-state index in [0.29, 0.717) is 11.3 Å². The number of nitrogens with zero attached hydrogens (tertiary/aromatic N) is 3. The first-order valence-electron chi connectivity index (χ1n) is 5.02. The second kappa shape index (κ2) is 4.40. The van der Waals surface area contributed by atoms with Crippen LogP contribution in [0.3, 0.4) is 0 Å².